The van der Waals surface area contributed by atoms with Gasteiger partial charge in [0.2, 0.25) is 0 Å². The number of nitrogens with zero attached hydrogens (tertiary/aromatic N) is 2. The molecule has 3 rings (SSSR count). The van der Waals surface area contributed by atoms with Crippen molar-refractivity contribution in [3.05, 3.63) is 40.8 Å². The van der Waals surface area contributed by atoms with Crippen LogP contribution in [0, 0.1) is 12.7 Å². The summed E-state index contributed by atoms with van der Waals surface area (Å²) >= 11 is 0.737. The molecule has 0 saturated carbocycles. The first-order valence-corrected chi connectivity index (χ1v) is 9.83. The van der Waals surface area contributed by atoms with Crippen molar-refractivity contribution in [2.24, 2.45) is 5.73 Å². The van der Waals surface area contributed by atoms with E-state index < -0.39 is 30.0 Å². The summed E-state index contributed by atoms with van der Waals surface area (Å²) in [6.45, 7) is 3.32. The molecule has 0 amide bonds. The van der Waals surface area contributed by atoms with E-state index in [4.69, 9.17) is 10.5 Å². The minimum atomic E-state index is -5.31. The van der Waals surface area contributed by atoms with Crippen LogP contribution in [0.3, 0.4) is 0 Å². The van der Waals surface area contributed by atoms with Crippen molar-refractivity contribution in [2.75, 3.05) is 11.9 Å². The van der Waals surface area contributed by atoms with E-state index in [2.05, 4.69) is 20.0 Å². The normalized spacial score (nSPS) is 12.5. The van der Waals surface area contributed by atoms with Crippen LogP contribution in [0.2, 0.25) is 0 Å². The van der Waals surface area contributed by atoms with Gasteiger partial charge in [0.25, 0.3) is 0 Å². The van der Waals surface area contributed by atoms with Gasteiger partial charge in [-0.15, -0.1) is 11.3 Å². The van der Waals surface area contributed by atoms with E-state index in [1.807, 2.05) is 0 Å². The van der Waals surface area contributed by atoms with Crippen molar-refractivity contribution in [3.8, 4) is 5.75 Å². The van der Waals surface area contributed by atoms with Gasteiger partial charge in [0.1, 0.15) is 39.5 Å². The topological polar surface area (TPSA) is 116 Å². The van der Waals surface area contributed by atoms with E-state index >= 15 is 0 Å². The maximum atomic E-state index is 13.7. The van der Waals surface area contributed by atoms with E-state index in [1.165, 1.54) is 25.4 Å². The molecule has 0 aliphatic rings. The van der Waals surface area contributed by atoms with Gasteiger partial charge >= 0.3 is 18.1 Å². The van der Waals surface area contributed by atoms with Crippen LogP contribution < -0.4 is 15.8 Å². The number of fused-ring (bicyclic) bond motifs is 1. The van der Waals surface area contributed by atoms with Crippen LogP contribution in [0.25, 0.3) is 10.2 Å². The van der Waals surface area contributed by atoms with E-state index in [-0.39, 0.29) is 33.4 Å². The number of carbonyl (C=O) groups is 2. The third-order valence-electron chi connectivity index (χ3n) is 4.19. The third-order valence-corrected chi connectivity index (χ3v) is 5.37. The molecule has 8 nitrogen and oxygen atoms in total. The van der Waals surface area contributed by atoms with Crippen molar-refractivity contribution < 1.29 is 36.6 Å². The van der Waals surface area contributed by atoms with Gasteiger partial charge in [-0.3, -0.25) is 0 Å². The molecular weight excluding hydrogens is 456 g/mol. The smallest absolute Gasteiger partial charge is 0.487 e. The highest BCUT2D eigenvalue weighted by atomic mass is 32.1. The number of aromatic nitrogens is 2. The molecule has 0 saturated heterocycles. The highest BCUT2D eigenvalue weighted by Crippen LogP contribution is 2.37. The van der Waals surface area contributed by atoms with Crippen molar-refractivity contribution >= 4 is 45.0 Å². The minimum absolute atomic E-state index is 0.151. The summed E-state index contributed by atoms with van der Waals surface area (Å²) in [6.07, 6.45) is -4.56. The number of hydrogen-bond acceptors (Lipinski definition) is 9. The lowest BCUT2D eigenvalue weighted by atomic mass is 10.2. The average molecular weight is 472 g/mol. The lowest BCUT2D eigenvalue weighted by molar-refractivity contribution is -0.193. The van der Waals surface area contributed by atoms with Crippen LogP contribution in [0.1, 0.15) is 22.2 Å². The number of esters is 2. The van der Waals surface area contributed by atoms with Crippen LogP contribution in [0.15, 0.2) is 24.5 Å². The van der Waals surface area contributed by atoms with E-state index in [9.17, 15) is 27.2 Å². The second kappa shape index (κ2) is 9.04. The van der Waals surface area contributed by atoms with Gasteiger partial charge in [-0.2, -0.15) is 13.2 Å². The number of halogens is 4. The Hall–Kier alpha value is -3.32. The van der Waals surface area contributed by atoms with E-state index in [0.29, 0.717) is 11.1 Å². The lowest BCUT2D eigenvalue weighted by Gasteiger charge is -2.17. The molecule has 3 N–H and O–H groups in total. The summed E-state index contributed by atoms with van der Waals surface area (Å²) < 4.78 is 60.5. The Morgan fingerprint density at radius 2 is 2.00 bits per heavy atom. The molecular formula is C19H16F4N4O4S. The first-order chi connectivity index (χ1) is 15.0. The van der Waals surface area contributed by atoms with Crippen molar-refractivity contribution in [3.63, 3.8) is 0 Å². The second-order valence-electron chi connectivity index (χ2n) is 6.56. The monoisotopic (exact) mass is 472 g/mol. The van der Waals surface area contributed by atoms with Gasteiger partial charge in [0.15, 0.2) is 0 Å². The van der Waals surface area contributed by atoms with Crippen LogP contribution in [-0.4, -0.2) is 40.7 Å². The Bertz CT molecular complexity index is 1180. The Labute approximate surface area is 182 Å². The molecule has 13 heteroatoms. The molecule has 1 aromatic carbocycles. The first kappa shape index (κ1) is 23.3. The number of alkyl halides is 3. The van der Waals surface area contributed by atoms with Crippen LogP contribution in [0.4, 0.5) is 29.1 Å². The number of aryl methyl sites for hydroxylation is 1. The first-order valence-electron chi connectivity index (χ1n) is 9.02. The SMILES string of the molecule is Cc1c(C(=O)OC(=O)C(F)(F)F)sc2ncnc(Nc3ccc(F)cc3OC(C)CN)c12. The molecule has 2 aromatic heterocycles. The number of nitrogens with one attached hydrogen (secondary N) is 1. The summed E-state index contributed by atoms with van der Waals surface area (Å²) in [5.74, 6) is -4.29. The standard InChI is InChI=1S/C19H16F4N4O4S/c1-8(6-24)30-12-5-10(20)3-4-11(12)27-15-13-9(2)14(32-16(13)26-7-25-15)17(28)31-18(29)19(21,22)23/h3-5,7-8H,6,24H2,1-2H3,(H,25,26,27). The van der Waals surface area contributed by atoms with Gasteiger partial charge in [0.05, 0.1) is 11.1 Å². The fraction of sp³-hybridized carbons (Fsp3) is 0.263. The Kier molecular flexibility index (Phi) is 6.60. The van der Waals surface area contributed by atoms with E-state index in [0.717, 1.165) is 17.4 Å². The van der Waals surface area contributed by atoms with Crippen LogP contribution in [0.5, 0.6) is 5.75 Å². The fourth-order valence-corrected chi connectivity index (χ4v) is 3.66. The molecule has 1 unspecified atom stereocenters. The quantitative estimate of drug-likeness (QED) is 0.316. The van der Waals surface area contributed by atoms with Gasteiger partial charge in [-0.25, -0.2) is 23.9 Å². The van der Waals surface area contributed by atoms with Gasteiger partial charge in [0, 0.05) is 12.6 Å². The Balaban J connectivity index is 1.98. The number of hydrogen-bond donors (Lipinski definition) is 2. The lowest BCUT2D eigenvalue weighted by Crippen LogP contribution is -2.27. The molecule has 32 heavy (non-hydrogen) atoms. The maximum Gasteiger partial charge on any atom is 0.491 e. The van der Waals surface area contributed by atoms with Gasteiger partial charge in [-0.05, 0) is 31.5 Å². The number of nitrogens with two attached hydrogens (primary N) is 1. The molecule has 2 heterocycles. The molecule has 1 atom stereocenters. The van der Waals surface area contributed by atoms with E-state index in [1.54, 1.807) is 6.92 Å². The van der Waals surface area contributed by atoms with Crippen LogP contribution >= 0.6 is 11.3 Å². The number of anilines is 2. The number of benzene rings is 1. The Morgan fingerprint density at radius 1 is 1.28 bits per heavy atom. The highest BCUT2D eigenvalue weighted by Gasteiger charge is 2.43. The molecule has 0 radical (unpaired) electrons. The highest BCUT2D eigenvalue weighted by molar-refractivity contribution is 7.20. The molecule has 0 fully saturated rings. The molecule has 0 bridgehead atoms. The largest absolute Gasteiger partial charge is 0.491 e. The number of thiophene rings is 1. The van der Waals surface area contributed by atoms with Crippen molar-refractivity contribution in [1.29, 1.82) is 0 Å². The summed E-state index contributed by atoms with van der Waals surface area (Å²) in [5, 5.41) is 3.27. The van der Waals surface area contributed by atoms with Crippen molar-refractivity contribution in [2.45, 2.75) is 26.1 Å². The molecule has 0 aliphatic heterocycles. The van der Waals surface area contributed by atoms with Gasteiger partial charge < -0.3 is 20.5 Å². The number of carbonyl (C=O) groups excluding carboxylic acids is 2. The number of rotatable bonds is 6. The zero-order valence-corrected chi connectivity index (χ0v) is 17.4. The molecule has 0 spiro atoms. The second-order valence-corrected chi connectivity index (χ2v) is 7.56. The van der Waals surface area contributed by atoms with Crippen LogP contribution in [-0.2, 0) is 9.53 Å². The minimum Gasteiger partial charge on any atom is -0.487 e. The zero-order chi connectivity index (χ0) is 23.6. The third kappa shape index (κ3) is 4.94. The molecule has 0 aliphatic carbocycles. The zero-order valence-electron chi connectivity index (χ0n) is 16.6. The summed E-state index contributed by atoms with van der Waals surface area (Å²) in [5.41, 5.74) is 6.08. The fourth-order valence-electron chi connectivity index (χ4n) is 2.64. The summed E-state index contributed by atoms with van der Waals surface area (Å²) in [7, 11) is 0. The van der Waals surface area contributed by atoms with Crippen molar-refractivity contribution in [1.82, 2.24) is 9.97 Å². The summed E-state index contributed by atoms with van der Waals surface area (Å²) in [6, 6.07) is 3.74. The number of ether oxygens (including phenoxy) is 2. The Morgan fingerprint density at radius 3 is 2.66 bits per heavy atom. The molecule has 3 aromatic rings. The predicted molar refractivity (Wildman–Crippen MR) is 107 cm³/mol. The summed E-state index contributed by atoms with van der Waals surface area (Å²) in [4.78, 5) is 31.3. The maximum absolute atomic E-state index is 13.7. The average Bonchev–Trinajstić information content (AvgIpc) is 3.06. The molecule has 170 valence electrons. The predicted octanol–water partition coefficient (Wildman–Crippen LogP) is 3.85. The van der Waals surface area contributed by atoms with Gasteiger partial charge in [-0.1, -0.05) is 0 Å².